The second-order valence-corrected chi connectivity index (χ2v) is 10.4. The molecule has 0 radical (unpaired) electrons. The minimum absolute atomic E-state index is 0.0957. The van der Waals surface area contributed by atoms with Gasteiger partial charge in [0, 0.05) is 23.2 Å². The van der Waals surface area contributed by atoms with Crippen LogP contribution in [0.15, 0.2) is 6.20 Å². The van der Waals surface area contributed by atoms with Gasteiger partial charge in [0.2, 0.25) is 0 Å². The van der Waals surface area contributed by atoms with Gasteiger partial charge < -0.3 is 4.74 Å². The van der Waals surface area contributed by atoms with Crippen LogP contribution in [0.3, 0.4) is 0 Å². The van der Waals surface area contributed by atoms with E-state index in [0.717, 1.165) is 25.4 Å². The lowest BCUT2D eigenvalue weighted by Crippen LogP contribution is -2.48. The molecule has 6 heteroatoms. The van der Waals surface area contributed by atoms with Crippen LogP contribution in [0, 0.1) is 5.41 Å². The van der Waals surface area contributed by atoms with E-state index in [1.807, 2.05) is 31.6 Å². The Kier molecular flexibility index (Phi) is 5.52. The first-order valence-corrected chi connectivity index (χ1v) is 10.3. The number of nitrogens with zero attached hydrogens (tertiary/aromatic N) is 4. The molecular weight excluding hydrogens is 340 g/mol. The topological polar surface area (TPSA) is 60.2 Å². The lowest BCUT2D eigenvalue weighted by atomic mass is 9.88. The minimum atomic E-state index is -0.336. The maximum Gasteiger partial charge on any atom is 0.144 e. The fraction of sp³-hybridized carbons (Fsp3) is 0.857. The molecule has 0 aliphatic carbocycles. The Bertz CT molecular complexity index is 670. The number of ketones is 1. The molecule has 27 heavy (non-hydrogen) atoms. The molecule has 3 heterocycles. The number of hydrogen-bond acceptors (Lipinski definition) is 5. The maximum absolute atomic E-state index is 12.2. The van der Waals surface area contributed by atoms with E-state index >= 15 is 0 Å². The van der Waals surface area contributed by atoms with Crippen molar-refractivity contribution < 1.29 is 9.53 Å². The number of fused-ring (bicyclic) bond motifs is 1. The quantitative estimate of drug-likeness (QED) is 0.763. The van der Waals surface area contributed by atoms with E-state index in [-0.39, 0.29) is 22.3 Å². The van der Waals surface area contributed by atoms with Gasteiger partial charge in [0.15, 0.2) is 0 Å². The third kappa shape index (κ3) is 4.77. The summed E-state index contributed by atoms with van der Waals surface area (Å²) in [4.78, 5) is 14.9. The average molecular weight is 377 g/mol. The van der Waals surface area contributed by atoms with Crippen molar-refractivity contribution in [3.05, 3.63) is 11.9 Å². The number of hydrogen-bond donors (Lipinski definition) is 0. The molecule has 1 aromatic heterocycles. The molecule has 0 amide bonds. The molecular formula is C21H36N4O2. The number of rotatable bonds is 6. The Morgan fingerprint density at radius 1 is 1.26 bits per heavy atom. The van der Waals surface area contributed by atoms with Crippen molar-refractivity contribution in [2.45, 2.75) is 97.4 Å². The first kappa shape index (κ1) is 20.5. The van der Waals surface area contributed by atoms with Gasteiger partial charge in [-0.05, 0) is 53.0 Å². The van der Waals surface area contributed by atoms with Crippen LogP contribution in [0.2, 0.25) is 0 Å². The van der Waals surface area contributed by atoms with Crippen molar-refractivity contribution in [1.82, 2.24) is 19.9 Å². The van der Waals surface area contributed by atoms with Crippen molar-refractivity contribution in [3.63, 3.8) is 0 Å². The smallest absolute Gasteiger partial charge is 0.144 e. The van der Waals surface area contributed by atoms with E-state index in [0.29, 0.717) is 12.5 Å². The van der Waals surface area contributed by atoms with E-state index in [1.165, 1.54) is 25.7 Å². The van der Waals surface area contributed by atoms with Crippen LogP contribution in [0.1, 0.15) is 72.9 Å². The third-order valence-electron chi connectivity index (χ3n) is 5.97. The number of carbonyl (C=O) groups excluding carboxylic acids is 1. The van der Waals surface area contributed by atoms with Crippen molar-refractivity contribution in [2.75, 3.05) is 13.2 Å². The van der Waals surface area contributed by atoms with Gasteiger partial charge in [0.1, 0.15) is 5.78 Å². The Labute approximate surface area is 163 Å². The van der Waals surface area contributed by atoms with Crippen LogP contribution < -0.4 is 0 Å². The Hall–Kier alpha value is -1.27. The van der Waals surface area contributed by atoms with Crippen LogP contribution in [0.25, 0.3) is 0 Å². The molecule has 0 unspecified atom stereocenters. The zero-order valence-corrected chi connectivity index (χ0v) is 17.9. The number of Topliss-reactive ketones (excluding diaryl/α,β-unsaturated/α-hetero) is 1. The first-order chi connectivity index (χ1) is 12.5. The van der Waals surface area contributed by atoms with Crippen LogP contribution in [0.4, 0.5) is 0 Å². The fourth-order valence-corrected chi connectivity index (χ4v) is 4.31. The third-order valence-corrected chi connectivity index (χ3v) is 5.97. The molecule has 2 atom stereocenters. The molecule has 6 nitrogen and oxygen atoms in total. The van der Waals surface area contributed by atoms with Gasteiger partial charge in [0.25, 0.3) is 0 Å². The summed E-state index contributed by atoms with van der Waals surface area (Å²) in [6.07, 6.45) is 7.14. The summed E-state index contributed by atoms with van der Waals surface area (Å²) in [6, 6.07) is 0.476. The van der Waals surface area contributed by atoms with E-state index in [2.05, 4.69) is 36.0 Å². The molecule has 0 saturated carbocycles. The maximum atomic E-state index is 12.2. The van der Waals surface area contributed by atoms with E-state index < -0.39 is 0 Å². The Morgan fingerprint density at radius 3 is 2.67 bits per heavy atom. The van der Waals surface area contributed by atoms with Crippen LogP contribution in [0.5, 0.6) is 0 Å². The van der Waals surface area contributed by atoms with Gasteiger partial charge in [-0.2, -0.15) is 0 Å². The van der Waals surface area contributed by atoms with Gasteiger partial charge in [-0.1, -0.05) is 26.0 Å². The Balaban J connectivity index is 1.61. The summed E-state index contributed by atoms with van der Waals surface area (Å²) in [5.41, 5.74) is 0.541. The summed E-state index contributed by atoms with van der Waals surface area (Å²) in [5.74, 6) is 0.202. The summed E-state index contributed by atoms with van der Waals surface area (Å²) in [6.45, 7) is 15.0. The molecule has 2 fully saturated rings. The number of aromatic nitrogens is 3. The van der Waals surface area contributed by atoms with Gasteiger partial charge in [-0.25, -0.2) is 0 Å². The lowest BCUT2D eigenvalue weighted by molar-refractivity contribution is -0.125. The van der Waals surface area contributed by atoms with Gasteiger partial charge in [0.05, 0.1) is 30.9 Å². The summed E-state index contributed by atoms with van der Waals surface area (Å²) in [5, 5.41) is 8.53. The highest BCUT2D eigenvalue weighted by Gasteiger charge is 2.49. The molecule has 0 aromatic carbocycles. The van der Waals surface area contributed by atoms with Crippen molar-refractivity contribution in [2.24, 2.45) is 5.41 Å². The number of ether oxygens (including phenoxy) is 1. The number of carbonyl (C=O) groups is 1. The highest BCUT2D eigenvalue weighted by atomic mass is 16.5. The van der Waals surface area contributed by atoms with Crippen molar-refractivity contribution in [3.8, 4) is 0 Å². The van der Waals surface area contributed by atoms with E-state index in [4.69, 9.17) is 4.74 Å². The van der Waals surface area contributed by atoms with Gasteiger partial charge in [-0.3, -0.25) is 14.4 Å². The second-order valence-electron chi connectivity index (χ2n) is 10.4. The monoisotopic (exact) mass is 376 g/mol. The molecule has 2 aliphatic heterocycles. The highest BCUT2D eigenvalue weighted by molar-refractivity contribution is 5.85. The highest BCUT2D eigenvalue weighted by Crippen LogP contribution is 2.43. The molecule has 3 rings (SSSR count). The van der Waals surface area contributed by atoms with Crippen LogP contribution in [-0.2, 0) is 22.5 Å². The largest absolute Gasteiger partial charge is 0.374 e. The zero-order chi connectivity index (χ0) is 19.9. The first-order valence-electron chi connectivity index (χ1n) is 10.3. The van der Waals surface area contributed by atoms with Gasteiger partial charge in [-0.15, -0.1) is 5.10 Å². The molecule has 0 spiro atoms. The molecule has 152 valence electrons. The van der Waals surface area contributed by atoms with Crippen molar-refractivity contribution in [1.29, 1.82) is 0 Å². The van der Waals surface area contributed by atoms with Crippen LogP contribution >= 0.6 is 0 Å². The molecule has 2 saturated heterocycles. The van der Waals surface area contributed by atoms with Crippen LogP contribution in [-0.4, -0.2) is 56.0 Å². The van der Waals surface area contributed by atoms with E-state index in [9.17, 15) is 4.79 Å². The summed E-state index contributed by atoms with van der Waals surface area (Å²) in [7, 11) is 0. The lowest BCUT2D eigenvalue weighted by Gasteiger charge is -2.37. The molecule has 1 aromatic rings. The molecule has 0 N–H and O–H groups in total. The predicted molar refractivity (Wildman–Crippen MR) is 106 cm³/mol. The zero-order valence-electron chi connectivity index (χ0n) is 17.9. The predicted octanol–water partition coefficient (Wildman–Crippen LogP) is 3.25. The SMILES string of the molecule is CC(C)(C)OC[C@]12CCCN1[C@@H](Cn1cc(CC(=O)C(C)(C)C)nn1)CC2. The summed E-state index contributed by atoms with van der Waals surface area (Å²) >= 11 is 0. The van der Waals surface area contributed by atoms with E-state index in [1.54, 1.807) is 0 Å². The molecule has 0 bridgehead atoms. The van der Waals surface area contributed by atoms with Crippen molar-refractivity contribution >= 4 is 5.78 Å². The molecule has 2 aliphatic rings. The normalized spacial score (nSPS) is 26.5. The summed E-state index contributed by atoms with van der Waals surface area (Å²) < 4.78 is 8.11. The average Bonchev–Trinajstić information content (AvgIpc) is 3.21. The minimum Gasteiger partial charge on any atom is -0.374 e. The second kappa shape index (κ2) is 7.28. The fourth-order valence-electron chi connectivity index (χ4n) is 4.31. The standard InChI is InChI=1S/C21H36N4O2/c1-19(2,3)18(26)12-16-13-24(23-22-16)14-17-8-10-21(9-7-11-25(17)21)15-27-20(4,5)6/h13,17H,7-12,14-15H2,1-6H3/t17-,21-/m1/s1. The Morgan fingerprint density at radius 2 is 2.00 bits per heavy atom. The van der Waals surface area contributed by atoms with Gasteiger partial charge >= 0.3 is 0 Å².